The van der Waals surface area contributed by atoms with Crippen LogP contribution in [0.25, 0.3) is 22.3 Å². The second-order valence-corrected chi connectivity index (χ2v) is 9.22. The molecule has 1 fully saturated rings. The molecule has 0 unspecified atom stereocenters. The van der Waals surface area contributed by atoms with Gasteiger partial charge in [0.2, 0.25) is 10.0 Å². The highest BCUT2D eigenvalue weighted by Gasteiger charge is 2.27. The highest BCUT2D eigenvalue weighted by Crippen LogP contribution is 2.29. The van der Waals surface area contributed by atoms with Crippen molar-refractivity contribution in [3.63, 3.8) is 0 Å². The summed E-state index contributed by atoms with van der Waals surface area (Å²) in [5.41, 5.74) is 1.91. The molecule has 0 bridgehead atoms. The van der Waals surface area contributed by atoms with E-state index in [1.165, 1.54) is 0 Å². The van der Waals surface area contributed by atoms with Crippen LogP contribution in [-0.4, -0.2) is 54.6 Å². The van der Waals surface area contributed by atoms with Crippen LogP contribution >= 0.6 is 11.3 Å². The van der Waals surface area contributed by atoms with Gasteiger partial charge in [-0.05, 0) is 30.5 Å². The van der Waals surface area contributed by atoms with Gasteiger partial charge in [0, 0.05) is 42.5 Å². The van der Waals surface area contributed by atoms with Crippen LogP contribution < -0.4 is 4.90 Å². The molecule has 6 nitrogen and oxygen atoms in total. The Labute approximate surface area is 157 Å². The number of piperazine rings is 1. The van der Waals surface area contributed by atoms with Crippen LogP contribution in [0.15, 0.2) is 41.1 Å². The van der Waals surface area contributed by atoms with Crippen LogP contribution in [0.2, 0.25) is 0 Å². The van der Waals surface area contributed by atoms with Crippen molar-refractivity contribution in [2.45, 2.75) is 6.92 Å². The number of aromatic nitrogens is 2. The highest BCUT2D eigenvalue weighted by atomic mass is 32.2. The van der Waals surface area contributed by atoms with Crippen LogP contribution in [0.4, 0.5) is 5.82 Å². The van der Waals surface area contributed by atoms with E-state index < -0.39 is 10.0 Å². The largest absolute Gasteiger partial charge is 0.353 e. The number of hydrogen-bond acceptors (Lipinski definition) is 6. The number of rotatable bonds is 4. The van der Waals surface area contributed by atoms with Gasteiger partial charge in [0.15, 0.2) is 5.82 Å². The normalized spacial score (nSPS) is 16.3. The minimum Gasteiger partial charge on any atom is -0.353 e. The number of para-hydroxylation sites is 1. The topological polar surface area (TPSA) is 66.4 Å². The number of fused-ring (bicyclic) bond motifs is 1. The van der Waals surface area contributed by atoms with E-state index in [1.54, 1.807) is 22.6 Å². The molecule has 0 radical (unpaired) electrons. The molecule has 1 aliphatic rings. The summed E-state index contributed by atoms with van der Waals surface area (Å²) < 4.78 is 25.8. The molecule has 1 aromatic carbocycles. The average Bonchev–Trinajstić information content (AvgIpc) is 3.22. The summed E-state index contributed by atoms with van der Waals surface area (Å²) in [4.78, 5) is 11.7. The van der Waals surface area contributed by atoms with Crippen molar-refractivity contribution in [1.82, 2.24) is 14.3 Å². The first kappa shape index (κ1) is 17.4. The Hall–Kier alpha value is -2.03. The van der Waals surface area contributed by atoms with E-state index >= 15 is 0 Å². The van der Waals surface area contributed by atoms with E-state index in [4.69, 9.17) is 9.97 Å². The standard InChI is InChI=1S/C18H20N4O2S2/c1-2-26(23,24)22-10-8-21(9-11-22)18-15-5-3-4-6-16(15)19-17(20-18)14-7-12-25-13-14/h3-7,12-13H,2,8-11H2,1H3. The molecule has 26 heavy (non-hydrogen) atoms. The molecule has 2 aromatic heterocycles. The first-order valence-electron chi connectivity index (χ1n) is 8.60. The molecule has 1 aliphatic heterocycles. The average molecular weight is 389 g/mol. The van der Waals surface area contributed by atoms with Gasteiger partial charge in [0.05, 0.1) is 11.3 Å². The van der Waals surface area contributed by atoms with Gasteiger partial charge in [-0.15, -0.1) is 0 Å². The molecule has 8 heteroatoms. The minimum absolute atomic E-state index is 0.145. The molecule has 3 aromatic rings. The summed E-state index contributed by atoms with van der Waals surface area (Å²) in [6, 6.07) is 10.00. The maximum absolute atomic E-state index is 12.1. The van der Waals surface area contributed by atoms with E-state index in [1.807, 2.05) is 41.1 Å². The lowest BCUT2D eigenvalue weighted by atomic mass is 10.2. The second kappa shape index (κ2) is 6.94. The third-order valence-corrected chi connectivity index (χ3v) is 7.22. The molecule has 0 spiro atoms. The van der Waals surface area contributed by atoms with Crippen molar-refractivity contribution in [1.29, 1.82) is 0 Å². The Kier molecular flexibility index (Phi) is 4.64. The highest BCUT2D eigenvalue weighted by molar-refractivity contribution is 7.89. The number of hydrogen-bond donors (Lipinski definition) is 0. The van der Waals surface area contributed by atoms with Crippen molar-refractivity contribution >= 4 is 38.1 Å². The second-order valence-electron chi connectivity index (χ2n) is 6.19. The summed E-state index contributed by atoms with van der Waals surface area (Å²) in [6.07, 6.45) is 0. The van der Waals surface area contributed by atoms with Crippen molar-refractivity contribution in [2.24, 2.45) is 0 Å². The molecule has 4 rings (SSSR count). The Morgan fingerprint density at radius 3 is 2.54 bits per heavy atom. The van der Waals surface area contributed by atoms with Crippen molar-refractivity contribution in [3.05, 3.63) is 41.1 Å². The Bertz CT molecular complexity index is 1010. The molecule has 0 aliphatic carbocycles. The fourth-order valence-electron chi connectivity index (χ4n) is 3.18. The van der Waals surface area contributed by atoms with Crippen LogP contribution in [0.5, 0.6) is 0 Å². The first-order chi connectivity index (χ1) is 12.6. The lowest BCUT2D eigenvalue weighted by Gasteiger charge is -2.35. The van der Waals surface area contributed by atoms with Crippen LogP contribution in [0, 0.1) is 0 Å². The fraction of sp³-hybridized carbons (Fsp3) is 0.333. The molecule has 0 amide bonds. The quantitative estimate of drug-likeness (QED) is 0.688. The lowest BCUT2D eigenvalue weighted by molar-refractivity contribution is 0.385. The number of benzene rings is 1. The third kappa shape index (κ3) is 3.20. The van der Waals surface area contributed by atoms with E-state index in [0.29, 0.717) is 32.0 Å². The van der Waals surface area contributed by atoms with E-state index in [-0.39, 0.29) is 5.75 Å². The Morgan fingerprint density at radius 1 is 1.08 bits per heavy atom. The zero-order valence-electron chi connectivity index (χ0n) is 14.5. The van der Waals surface area contributed by atoms with Gasteiger partial charge in [-0.2, -0.15) is 15.6 Å². The predicted molar refractivity (Wildman–Crippen MR) is 106 cm³/mol. The molecule has 3 heterocycles. The maximum atomic E-state index is 12.1. The number of anilines is 1. The van der Waals surface area contributed by atoms with Gasteiger partial charge >= 0.3 is 0 Å². The van der Waals surface area contributed by atoms with Crippen LogP contribution in [-0.2, 0) is 10.0 Å². The summed E-state index contributed by atoms with van der Waals surface area (Å²) >= 11 is 1.62. The summed E-state index contributed by atoms with van der Waals surface area (Å²) in [5, 5.41) is 5.06. The zero-order valence-corrected chi connectivity index (χ0v) is 16.1. The number of thiophene rings is 1. The lowest BCUT2D eigenvalue weighted by Crippen LogP contribution is -2.49. The van der Waals surface area contributed by atoms with E-state index in [9.17, 15) is 8.42 Å². The van der Waals surface area contributed by atoms with Gasteiger partial charge in [-0.1, -0.05) is 12.1 Å². The SMILES string of the molecule is CCS(=O)(=O)N1CCN(c2nc(-c3ccsc3)nc3ccccc23)CC1. The number of sulfonamides is 1. The predicted octanol–water partition coefficient (Wildman–Crippen LogP) is 2.83. The van der Waals surface area contributed by atoms with Crippen molar-refractivity contribution < 1.29 is 8.42 Å². The third-order valence-electron chi connectivity index (χ3n) is 4.66. The van der Waals surface area contributed by atoms with Crippen molar-refractivity contribution in [2.75, 3.05) is 36.8 Å². The van der Waals surface area contributed by atoms with E-state index in [2.05, 4.69) is 4.90 Å². The maximum Gasteiger partial charge on any atom is 0.213 e. The molecule has 136 valence electrons. The van der Waals surface area contributed by atoms with Gasteiger partial charge in [-0.25, -0.2) is 18.4 Å². The monoisotopic (exact) mass is 388 g/mol. The van der Waals surface area contributed by atoms with Gasteiger partial charge in [0.1, 0.15) is 5.82 Å². The smallest absolute Gasteiger partial charge is 0.213 e. The fourth-order valence-corrected chi connectivity index (χ4v) is 4.90. The van der Waals surface area contributed by atoms with Gasteiger partial charge < -0.3 is 4.90 Å². The van der Waals surface area contributed by atoms with Gasteiger partial charge in [-0.3, -0.25) is 0 Å². The van der Waals surface area contributed by atoms with Crippen molar-refractivity contribution in [3.8, 4) is 11.4 Å². The summed E-state index contributed by atoms with van der Waals surface area (Å²) in [5.74, 6) is 1.74. The van der Waals surface area contributed by atoms with Crippen LogP contribution in [0.1, 0.15) is 6.92 Å². The first-order valence-corrected chi connectivity index (χ1v) is 11.2. The summed E-state index contributed by atoms with van der Waals surface area (Å²) in [7, 11) is -3.14. The van der Waals surface area contributed by atoms with Gasteiger partial charge in [0.25, 0.3) is 0 Å². The number of nitrogens with zero attached hydrogens (tertiary/aromatic N) is 4. The van der Waals surface area contributed by atoms with Crippen LogP contribution in [0.3, 0.4) is 0 Å². The Balaban J connectivity index is 1.70. The summed E-state index contributed by atoms with van der Waals surface area (Å²) in [6.45, 7) is 3.92. The van der Waals surface area contributed by atoms with E-state index in [0.717, 1.165) is 22.3 Å². The minimum atomic E-state index is -3.14. The molecule has 0 N–H and O–H groups in total. The molecule has 0 atom stereocenters. The molecule has 1 saturated heterocycles. The molecular weight excluding hydrogens is 368 g/mol. The zero-order chi connectivity index (χ0) is 18.1. The molecular formula is C18H20N4O2S2. The Morgan fingerprint density at radius 2 is 1.85 bits per heavy atom. The molecule has 0 saturated carbocycles.